The average Bonchev–Trinajstić information content (AvgIpc) is 2.30. The van der Waals surface area contributed by atoms with Crippen LogP contribution in [0.25, 0.3) is 0 Å². The van der Waals surface area contributed by atoms with Gasteiger partial charge in [0.05, 0.1) is 16.4 Å². The summed E-state index contributed by atoms with van der Waals surface area (Å²) in [6, 6.07) is 4.63. The van der Waals surface area contributed by atoms with E-state index in [0.29, 0.717) is 22.9 Å². The number of hydrogen-bond donors (Lipinski definition) is 2. The van der Waals surface area contributed by atoms with E-state index in [4.69, 9.17) is 17.3 Å². The van der Waals surface area contributed by atoms with Crippen LogP contribution < -0.4 is 10.5 Å². The average molecular weight is 292 g/mol. The zero-order chi connectivity index (χ0) is 13.8. The van der Waals surface area contributed by atoms with Gasteiger partial charge in [-0.05, 0) is 24.6 Å². The summed E-state index contributed by atoms with van der Waals surface area (Å²) in [7, 11) is -1.99. The standard InChI is InChI=1S/C11H18ClN3O2S/c1-3-4-7-15(2)18(16,17)14-9-5-6-11(13)10(12)8-9/h5-6,8,14H,3-4,7,13H2,1-2H3. The fraction of sp³-hybridized carbons (Fsp3) is 0.455. The molecule has 0 aliphatic heterocycles. The molecule has 0 saturated heterocycles. The lowest BCUT2D eigenvalue weighted by Gasteiger charge is -2.18. The third-order valence-electron chi connectivity index (χ3n) is 2.48. The smallest absolute Gasteiger partial charge is 0.301 e. The van der Waals surface area contributed by atoms with Gasteiger partial charge in [0.1, 0.15) is 0 Å². The molecule has 102 valence electrons. The SMILES string of the molecule is CCCCN(C)S(=O)(=O)Nc1ccc(N)c(Cl)c1. The molecule has 0 aliphatic carbocycles. The summed E-state index contributed by atoms with van der Waals surface area (Å²) in [5.74, 6) is 0. The Balaban J connectivity index is 2.78. The number of nitrogens with zero attached hydrogens (tertiary/aromatic N) is 1. The molecule has 0 amide bonds. The van der Waals surface area contributed by atoms with Gasteiger partial charge in [-0.2, -0.15) is 12.7 Å². The second-order valence-electron chi connectivity index (χ2n) is 4.02. The summed E-state index contributed by atoms with van der Waals surface area (Å²) in [4.78, 5) is 0. The van der Waals surface area contributed by atoms with Crippen LogP contribution in [0.15, 0.2) is 18.2 Å². The van der Waals surface area contributed by atoms with Crippen LogP contribution in [0.1, 0.15) is 19.8 Å². The van der Waals surface area contributed by atoms with Gasteiger partial charge in [0.25, 0.3) is 0 Å². The highest BCUT2D eigenvalue weighted by atomic mass is 35.5. The molecule has 1 rings (SSSR count). The van der Waals surface area contributed by atoms with Crippen molar-refractivity contribution in [2.45, 2.75) is 19.8 Å². The molecule has 1 aromatic rings. The van der Waals surface area contributed by atoms with Gasteiger partial charge in [0, 0.05) is 13.6 Å². The van der Waals surface area contributed by atoms with Gasteiger partial charge in [-0.15, -0.1) is 0 Å². The Hall–Kier alpha value is -0.980. The van der Waals surface area contributed by atoms with Crippen LogP contribution in [-0.2, 0) is 10.2 Å². The predicted molar refractivity (Wildman–Crippen MR) is 75.9 cm³/mol. The Morgan fingerprint density at radius 3 is 2.67 bits per heavy atom. The van der Waals surface area contributed by atoms with Gasteiger partial charge in [-0.3, -0.25) is 4.72 Å². The fourth-order valence-corrected chi connectivity index (χ4v) is 2.45. The molecule has 5 nitrogen and oxygen atoms in total. The van der Waals surface area contributed by atoms with Gasteiger partial charge in [0.2, 0.25) is 0 Å². The number of nitrogens with one attached hydrogen (secondary N) is 1. The second-order valence-corrected chi connectivity index (χ2v) is 6.20. The predicted octanol–water partition coefficient (Wildman–Crippen LogP) is 2.31. The van der Waals surface area contributed by atoms with Gasteiger partial charge in [-0.25, -0.2) is 0 Å². The van der Waals surface area contributed by atoms with Crippen molar-refractivity contribution < 1.29 is 8.42 Å². The fourth-order valence-electron chi connectivity index (χ4n) is 1.32. The zero-order valence-electron chi connectivity index (χ0n) is 10.5. The molecule has 0 fully saturated rings. The minimum atomic E-state index is -3.53. The zero-order valence-corrected chi connectivity index (χ0v) is 12.1. The number of benzene rings is 1. The molecule has 1 aromatic carbocycles. The van der Waals surface area contributed by atoms with E-state index in [-0.39, 0.29) is 0 Å². The maximum atomic E-state index is 11.9. The molecule has 0 bridgehead atoms. The molecule has 0 aliphatic rings. The van der Waals surface area contributed by atoms with E-state index >= 15 is 0 Å². The molecule has 0 aromatic heterocycles. The van der Waals surface area contributed by atoms with Crippen LogP contribution in [0, 0.1) is 0 Å². The molecule has 0 unspecified atom stereocenters. The van der Waals surface area contributed by atoms with Crippen LogP contribution in [0.2, 0.25) is 5.02 Å². The third-order valence-corrected chi connectivity index (χ3v) is 4.31. The van der Waals surface area contributed by atoms with E-state index in [1.165, 1.54) is 17.4 Å². The third kappa shape index (κ3) is 4.04. The number of hydrogen-bond acceptors (Lipinski definition) is 3. The van der Waals surface area contributed by atoms with Crippen molar-refractivity contribution in [3.63, 3.8) is 0 Å². The first-order valence-electron chi connectivity index (χ1n) is 5.66. The number of unbranched alkanes of at least 4 members (excludes halogenated alkanes) is 1. The Morgan fingerprint density at radius 1 is 1.44 bits per heavy atom. The van der Waals surface area contributed by atoms with Crippen molar-refractivity contribution in [2.24, 2.45) is 0 Å². The monoisotopic (exact) mass is 291 g/mol. The van der Waals surface area contributed by atoms with Crippen LogP contribution in [0.3, 0.4) is 0 Å². The largest absolute Gasteiger partial charge is 0.398 e. The maximum absolute atomic E-state index is 11.9. The lowest BCUT2D eigenvalue weighted by molar-refractivity contribution is 0.463. The van der Waals surface area contributed by atoms with Gasteiger partial charge < -0.3 is 5.73 Å². The number of nitrogen functional groups attached to an aromatic ring is 1. The van der Waals surface area contributed by atoms with Crippen molar-refractivity contribution in [3.05, 3.63) is 23.2 Å². The molecule has 18 heavy (non-hydrogen) atoms. The van der Waals surface area contributed by atoms with Crippen LogP contribution in [0.4, 0.5) is 11.4 Å². The molecule has 0 heterocycles. The normalized spacial score (nSPS) is 11.8. The van der Waals surface area contributed by atoms with E-state index in [1.54, 1.807) is 12.1 Å². The lowest BCUT2D eigenvalue weighted by Crippen LogP contribution is -2.33. The van der Waals surface area contributed by atoms with E-state index in [2.05, 4.69) is 4.72 Å². The molecular formula is C11H18ClN3O2S. The molecule has 0 radical (unpaired) electrons. The van der Waals surface area contributed by atoms with Crippen molar-refractivity contribution in [3.8, 4) is 0 Å². The van der Waals surface area contributed by atoms with E-state index in [1.807, 2.05) is 6.92 Å². The summed E-state index contributed by atoms with van der Waals surface area (Å²) in [6.07, 6.45) is 1.76. The summed E-state index contributed by atoms with van der Waals surface area (Å²) >= 11 is 5.83. The first-order chi connectivity index (χ1) is 8.36. The molecular weight excluding hydrogens is 274 g/mol. The highest BCUT2D eigenvalue weighted by Gasteiger charge is 2.17. The van der Waals surface area contributed by atoms with E-state index < -0.39 is 10.2 Å². The Morgan fingerprint density at radius 2 is 2.11 bits per heavy atom. The highest BCUT2D eigenvalue weighted by Crippen LogP contribution is 2.23. The van der Waals surface area contributed by atoms with Gasteiger partial charge in [-0.1, -0.05) is 24.9 Å². The quantitative estimate of drug-likeness (QED) is 0.790. The Bertz CT molecular complexity index is 505. The Kier molecular flexibility index (Phi) is 5.25. The summed E-state index contributed by atoms with van der Waals surface area (Å²) in [5, 5.41) is 0.325. The molecule has 0 atom stereocenters. The van der Waals surface area contributed by atoms with Gasteiger partial charge >= 0.3 is 10.2 Å². The maximum Gasteiger partial charge on any atom is 0.301 e. The molecule has 3 N–H and O–H groups in total. The van der Waals surface area contributed by atoms with Crippen LogP contribution in [0.5, 0.6) is 0 Å². The Labute approximate surface area is 113 Å². The number of rotatable bonds is 6. The number of nitrogens with two attached hydrogens (primary N) is 1. The minimum absolute atomic E-state index is 0.325. The van der Waals surface area contributed by atoms with Crippen molar-refractivity contribution in [2.75, 3.05) is 24.0 Å². The summed E-state index contributed by atoms with van der Waals surface area (Å²) in [5.41, 5.74) is 6.37. The second kappa shape index (κ2) is 6.26. The first kappa shape index (κ1) is 15.1. The van der Waals surface area contributed by atoms with Crippen molar-refractivity contribution in [1.82, 2.24) is 4.31 Å². The lowest BCUT2D eigenvalue weighted by atomic mass is 10.3. The first-order valence-corrected chi connectivity index (χ1v) is 7.47. The van der Waals surface area contributed by atoms with Crippen molar-refractivity contribution in [1.29, 1.82) is 0 Å². The van der Waals surface area contributed by atoms with Gasteiger partial charge in [0.15, 0.2) is 0 Å². The minimum Gasteiger partial charge on any atom is -0.398 e. The van der Waals surface area contributed by atoms with Crippen LogP contribution >= 0.6 is 11.6 Å². The highest BCUT2D eigenvalue weighted by molar-refractivity contribution is 7.90. The van der Waals surface area contributed by atoms with Crippen LogP contribution in [-0.4, -0.2) is 26.3 Å². The topological polar surface area (TPSA) is 75.4 Å². The summed E-state index contributed by atoms with van der Waals surface area (Å²) in [6.45, 7) is 2.49. The number of halogens is 1. The van der Waals surface area contributed by atoms with E-state index in [0.717, 1.165) is 12.8 Å². The summed E-state index contributed by atoms with van der Waals surface area (Å²) < 4.78 is 27.6. The van der Waals surface area contributed by atoms with E-state index in [9.17, 15) is 8.42 Å². The molecule has 7 heteroatoms. The molecule has 0 spiro atoms. The number of anilines is 2. The van der Waals surface area contributed by atoms with Crippen molar-refractivity contribution >= 4 is 33.2 Å². The molecule has 0 saturated carbocycles.